The molecule has 0 bridgehead atoms. The van der Waals surface area contributed by atoms with E-state index < -0.39 is 0 Å². The molecule has 1 aromatic heterocycles. The first-order valence-electron chi connectivity index (χ1n) is 5.45. The zero-order chi connectivity index (χ0) is 12.3. The number of carbonyl (C=O) groups excluding carboxylic acids is 1. The number of aryl methyl sites for hydroxylation is 1. The molecule has 3 nitrogen and oxygen atoms in total. The number of nitrogens with zero attached hydrogens (tertiary/aromatic N) is 2. The minimum atomic E-state index is 0.542. The van der Waals surface area contributed by atoms with E-state index in [2.05, 4.69) is 11.7 Å². The van der Waals surface area contributed by atoms with Crippen molar-refractivity contribution >= 4 is 6.29 Å². The highest BCUT2D eigenvalue weighted by Crippen LogP contribution is 2.19. The number of carbonyl (C=O) groups is 1. The molecule has 0 radical (unpaired) electrons. The Labute approximate surface area is 100 Å². The predicted octanol–water partition coefficient (Wildman–Crippen LogP) is 2.86. The van der Waals surface area contributed by atoms with Crippen molar-refractivity contribution in [2.75, 3.05) is 0 Å². The van der Waals surface area contributed by atoms with Crippen LogP contribution in [-0.2, 0) is 6.54 Å². The predicted molar refractivity (Wildman–Crippen MR) is 68.0 cm³/mol. The standard InChI is InChI=1S/C14H14N2O/c1-3-8-16-13(10-17)9-14(15-16)12-6-4-11(2)5-7-12/h3-7,9-10H,1,8H2,2H3. The van der Waals surface area contributed by atoms with Crippen molar-refractivity contribution in [1.82, 2.24) is 9.78 Å². The van der Waals surface area contributed by atoms with Crippen LogP contribution < -0.4 is 0 Å². The van der Waals surface area contributed by atoms with Gasteiger partial charge in [-0.2, -0.15) is 5.10 Å². The lowest BCUT2D eigenvalue weighted by atomic mass is 10.1. The maximum absolute atomic E-state index is 10.9. The average Bonchev–Trinajstić information content (AvgIpc) is 2.74. The fourth-order valence-electron chi connectivity index (χ4n) is 1.66. The SMILES string of the molecule is C=CCn1nc(-c2ccc(C)cc2)cc1C=O. The minimum Gasteiger partial charge on any atom is -0.296 e. The lowest BCUT2D eigenvalue weighted by molar-refractivity contribution is 0.111. The molecule has 0 saturated carbocycles. The minimum absolute atomic E-state index is 0.542. The van der Waals surface area contributed by atoms with E-state index in [1.54, 1.807) is 16.8 Å². The van der Waals surface area contributed by atoms with Gasteiger partial charge in [-0.3, -0.25) is 9.48 Å². The number of aromatic nitrogens is 2. The Morgan fingerprint density at radius 3 is 2.65 bits per heavy atom. The van der Waals surface area contributed by atoms with Gasteiger partial charge in [-0.05, 0) is 13.0 Å². The molecule has 0 N–H and O–H groups in total. The number of hydrogen-bond donors (Lipinski definition) is 0. The Balaban J connectivity index is 2.42. The van der Waals surface area contributed by atoms with Crippen LogP contribution in [0.4, 0.5) is 0 Å². The maximum atomic E-state index is 10.9. The topological polar surface area (TPSA) is 34.9 Å². The summed E-state index contributed by atoms with van der Waals surface area (Å²) in [6.07, 6.45) is 2.53. The van der Waals surface area contributed by atoms with Crippen LogP contribution in [0.25, 0.3) is 11.3 Å². The lowest BCUT2D eigenvalue weighted by Gasteiger charge is -1.98. The molecule has 2 rings (SSSR count). The Bertz CT molecular complexity index is 538. The monoisotopic (exact) mass is 226 g/mol. The molecule has 1 aromatic carbocycles. The zero-order valence-corrected chi connectivity index (χ0v) is 9.76. The van der Waals surface area contributed by atoms with Crippen LogP contribution in [0.2, 0.25) is 0 Å². The number of benzene rings is 1. The van der Waals surface area contributed by atoms with E-state index in [0.29, 0.717) is 12.2 Å². The highest BCUT2D eigenvalue weighted by Gasteiger charge is 2.07. The summed E-state index contributed by atoms with van der Waals surface area (Å²) in [6, 6.07) is 9.86. The second kappa shape index (κ2) is 4.78. The summed E-state index contributed by atoms with van der Waals surface area (Å²) in [5.74, 6) is 0. The molecule has 0 amide bonds. The molecular weight excluding hydrogens is 212 g/mol. The number of rotatable bonds is 4. The van der Waals surface area contributed by atoms with Crippen LogP contribution in [0, 0.1) is 6.92 Å². The Hall–Kier alpha value is -2.16. The molecule has 2 aromatic rings. The van der Waals surface area contributed by atoms with Crippen molar-refractivity contribution in [1.29, 1.82) is 0 Å². The molecule has 0 aliphatic carbocycles. The van der Waals surface area contributed by atoms with Gasteiger partial charge in [0.25, 0.3) is 0 Å². The van der Waals surface area contributed by atoms with E-state index in [0.717, 1.165) is 17.5 Å². The van der Waals surface area contributed by atoms with E-state index >= 15 is 0 Å². The number of aldehydes is 1. The highest BCUT2D eigenvalue weighted by atomic mass is 16.1. The molecule has 0 atom stereocenters. The molecule has 0 spiro atoms. The second-order valence-corrected chi connectivity index (χ2v) is 3.91. The molecule has 0 fully saturated rings. The fourth-order valence-corrected chi connectivity index (χ4v) is 1.66. The van der Waals surface area contributed by atoms with Crippen molar-refractivity contribution in [3.63, 3.8) is 0 Å². The van der Waals surface area contributed by atoms with Crippen LogP contribution in [0.1, 0.15) is 16.1 Å². The van der Waals surface area contributed by atoms with Gasteiger partial charge in [-0.1, -0.05) is 35.9 Å². The Morgan fingerprint density at radius 2 is 2.06 bits per heavy atom. The van der Waals surface area contributed by atoms with Crippen molar-refractivity contribution < 1.29 is 4.79 Å². The summed E-state index contributed by atoms with van der Waals surface area (Å²) in [6.45, 7) is 6.23. The highest BCUT2D eigenvalue weighted by molar-refractivity contribution is 5.75. The van der Waals surface area contributed by atoms with Gasteiger partial charge in [0.2, 0.25) is 0 Å². The van der Waals surface area contributed by atoms with Crippen LogP contribution >= 0.6 is 0 Å². The van der Waals surface area contributed by atoms with Crippen molar-refractivity contribution in [3.8, 4) is 11.3 Å². The smallest absolute Gasteiger partial charge is 0.168 e. The van der Waals surface area contributed by atoms with Gasteiger partial charge in [-0.15, -0.1) is 6.58 Å². The summed E-state index contributed by atoms with van der Waals surface area (Å²) in [4.78, 5) is 10.9. The lowest BCUT2D eigenvalue weighted by Crippen LogP contribution is -2.01. The molecule has 3 heteroatoms. The first-order valence-corrected chi connectivity index (χ1v) is 5.45. The van der Waals surface area contributed by atoms with E-state index in [9.17, 15) is 4.79 Å². The maximum Gasteiger partial charge on any atom is 0.168 e. The summed E-state index contributed by atoms with van der Waals surface area (Å²) < 4.78 is 1.65. The summed E-state index contributed by atoms with van der Waals surface area (Å²) in [5.41, 5.74) is 3.60. The molecule has 0 aliphatic rings. The third kappa shape index (κ3) is 2.33. The van der Waals surface area contributed by atoms with Gasteiger partial charge in [0.1, 0.15) is 5.69 Å². The largest absolute Gasteiger partial charge is 0.296 e. The zero-order valence-electron chi connectivity index (χ0n) is 9.76. The van der Waals surface area contributed by atoms with Crippen molar-refractivity contribution in [3.05, 3.63) is 54.2 Å². The van der Waals surface area contributed by atoms with Crippen LogP contribution in [0.5, 0.6) is 0 Å². The quantitative estimate of drug-likeness (QED) is 0.593. The molecule has 1 heterocycles. The molecule has 0 unspecified atom stereocenters. The van der Waals surface area contributed by atoms with Gasteiger partial charge >= 0.3 is 0 Å². The summed E-state index contributed by atoms with van der Waals surface area (Å²) in [7, 11) is 0. The van der Waals surface area contributed by atoms with Crippen molar-refractivity contribution in [2.24, 2.45) is 0 Å². The van der Waals surface area contributed by atoms with E-state index in [-0.39, 0.29) is 0 Å². The van der Waals surface area contributed by atoms with E-state index in [4.69, 9.17) is 0 Å². The third-order valence-electron chi connectivity index (χ3n) is 2.58. The average molecular weight is 226 g/mol. The van der Waals surface area contributed by atoms with Crippen LogP contribution in [0.3, 0.4) is 0 Å². The Kier molecular flexibility index (Phi) is 3.19. The summed E-state index contributed by atoms with van der Waals surface area (Å²) in [5, 5.41) is 4.38. The first-order chi connectivity index (χ1) is 8.24. The number of allylic oxidation sites excluding steroid dienone is 1. The number of hydrogen-bond acceptors (Lipinski definition) is 2. The Morgan fingerprint density at radius 1 is 1.35 bits per heavy atom. The van der Waals surface area contributed by atoms with Gasteiger partial charge in [-0.25, -0.2) is 0 Å². The molecule has 0 saturated heterocycles. The van der Waals surface area contributed by atoms with E-state index in [1.807, 2.05) is 31.2 Å². The van der Waals surface area contributed by atoms with Crippen LogP contribution in [0.15, 0.2) is 43.0 Å². The first kappa shape index (κ1) is 11.3. The van der Waals surface area contributed by atoms with E-state index in [1.165, 1.54) is 5.56 Å². The molecule has 17 heavy (non-hydrogen) atoms. The van der Waals surface area contributed by atoms with Crippen LogP contribution in [-0.4, -0.2) is 16.1 Å². The molecule has 0 aliphatic heterocycles. The normalized spacial score (nSPS) is 10.2. The van der Waals surface area contributed by atoms with Gasteiger partial charge in [0.15, 0.2) is 6.29 Å². The molecular formula is C14H14N2O. The van der Waals surface area contributed by atoms with Gasteiger partial charge < -0.3 is 0 Å². The van der Waals surface area contributed by atoms with Gasteiger partial charge in [0, 0.05) is 5.56 Å². The molecule has 86 valence electrons. The third-order valence-corrected chi connectivity index (χ3v) is 2.58. The van der Waals surface area contributed by atoms with Gasteiger partial charge in [0.05, 0.1) is 12.2 Å². The second-order valence-electron chi connectivity index (χ2n) is 3.91. The summed E-state index contributed by atoms with van der Waals surface area (Å²) >= 11 is 0. The van der Waals surface area contributed by atoms with Crippen molar-refractivity contribution in [2.45, 2.75) is 13.5 Å². The fraction of sp³-hybridized carbons (Fsp3) is 0.143.